The third-order valence-electron chi connectivity index (χ3n) is 8.21. The molecule has 2 saturated heterocycles. The Labute approximate surface area is 213 Å². The van der Waals surface area contributed by atoms with Gasteiger partial charge in [0.05, 0.1) is 6.04 Å². The summed E-state index contributed by atoms with van der Waals surface area (Å²) < 4.78 is 5.58. The van der Waals surface area contributed by atoms with Gasteiger partial charge < -0.3 is 19.4 Å². The molecule has 0 N–H and O–H groups in total. The van der Waals surface area contributed by atoms with Crippen LogP contribution in [0.2, 0.25) is 5.02 Å². The van der Waals surface area contributed by atoms with E-state index in [4.69, 9.17) is 16.3 Å². The van der Waals surface area contributed by atoms with Crippen molar-refractivity contribution in [1.82, 2.24) is 14.7 Å². The van der Waals surface area contributed by atoms with Gasteiger partial charge in [-0.3, -0.25) is 9.59 Å². The lowest BCUT2D eigenvalue weighted by molar-refractivity contribution is -0.142. The lowest BCUT2D eigenvalue weighted by Crippen LogP contribution is -2.46. The summed E-state index contributed by atoms with van der Waals surface area (Å²) >= 11 is 6.11. The molecule has 1 aliphatic carbocycles. The first-order valence-corrected chi connectivity index (χ1v) is 13.3. The largest absolute Gasteiger partial charge is 0.446 e. The minimum atomic E-state index is -0.363. The molecule has 8 heteroatoms. The van der Waals surface area contributed by atoms with Crippen LogP contribution in [-0.4, -0.2) is 78.0 Å². The molecule has 0 spiro atoms. The van der Waals surface area contributed by atoms with Gasteiger partial charge in [0.25, 0.3) is 0 Å². The van der Waals surface area contributed by atoms with Gasteiger partial charge in [0, 0.05) is 55.5 Å². The summed E-state index contributed by atoms with van der Waals surface area (Å²) in [7, 11) is 1.76. The topological polar surface area (TPSA) is 70.2 Å². The molecule has 3 fully saturated rings. The number of halogens is 1. The predicted molar refractivity (Wildman–Crippen MR) is 135 cm³/mol. The second kappa shape index (κ2) is 10.4. The molecule has 3 atom stereocenters. The normalized spacial score (nSPS) is 24.7. The molecule has 0 aromatic heterocycles. The first kappa shape index (κ1) is 25.8. The van der Waals surface area contributed by atoms with Crippen LogP contribution in [0, 0.1) is 11.3 Å². The maximum absolute atomic E-state index is 13.5. The van der Waals surface area contributed by atoms with E-state index in [1.165, 1.54) is 0 Å². The molecular formula is C27H38ClN3O4. The Hall–Kier alpha value is -2.28. The van der Waals surface area contributed by atoms with Crippen LogP contribution in [0.5, 0.6) is 0 Å². The van der Waals surface area contributed by atoms with Crippen molar-refractivity contribution in [2.45, 2.75) is 70.9 Å². The molecule has 3 aliphatic rings. The van der Waals surface area contributed by atoms with E-state index in [0.29, 0.717) is 44.0 Å². The number of hydrogen-bond acceptors (Lipinski definition) is 4. The van der Waals surface area contributed by atoms with Gasteiger partial charge in [-0.15, -0.1) is 0 Å². The Bertz CT molecular complexity index is 940. The van der Waals surface area contributed by atoms with Gasteiger partial charge in [-0.2, -0.15) is 0 Å². The molecule has 35 heavy (non-hydrogen) atoms. The van der Waals surface area contributed by atoms with Crippen molar-refractivity contribution in [3.8, 4) is 0 Å². The Morgan fingerprint density at radius 1 is 1.11 bits per heavy atom. The fraction of sp³-hybridized carbons (Fsp3) is 0.667. The average Bonchev–Trinajstić information content (AvgIpc) is 3.46. The average molecular weight is 504 g/mol. The Morgan fingerprint density at radius 2 is 1.74 bits per heavy atom. The van der Waals surface area contributed by atoms with Crippen molar-refractivity contribution in [3.05, 3.63) is 34.9 Å². The molecule has 1 saturated carbocycles. The van der Waals surface area contributed by atoms with Gasteiger partial charge in [-0.25, -0.2) is 4.79 Å². The number of likely N-dealkylation sites (N-methyl/N-ethyl adjacent to an activating group) is 1. The molecule has 0 bridgehead atoms. The number of piperidine rings is 1. The number of rotatable bonds is 6. The maximum Gasteiger partial charge on any atom is 0.410 e. The van der Waals surface area contributed by atoms with Crippen LogP contribution in [0.1, 0.15) is 64.4 Å². The molecule has 1 aromatic carbocycles. The number of nitrogens with zero attached hydrogens (tertiary/aromatic N) is 3. The van der Waals surface area contributed by atoms with Crippen LogP contribution in [-0.2, 0) is 14.3 Å². The molecule has 3 amide bonds. The Kier molecular flexibility index (Phi) is 7.65. The monoisotopic (exact) mass is 503 g/mol. The van der Waals surface area contributed by atoms with Crippen LogP contribution < -0.4 is 0 Å². The fourth-order valence-electron chi connectivity index (χ4n) is 5.24. The van der Waals surface area contributed by atoms with Gasteiger partial charge in [0.2, 0.25) is 11.8 Å². The quantitative estimate of drug-likeness (QED) is 0.571. The van der Waals surface area contributed by atoms with Crippen molar-refractivity contribution in [1.29, 1.82) is 0 Å². The van der Waals surface area contributed by atoms with Gasteiger partial charge in [-0.05, 0) is 56.7 Å². The van der Waals surface area contributed by atoms with Crippen molar-refractivity contribution in [3.63, 3.8) is 0 Å². The number of carbonyl (C=O) groups is 3. The highest BCUT2D eigenvalue weighted by Crippen LogP contribution is 2.47. The summed E-state index contributed by atoms with van der Waals surface area (Å²) in [4.78, 5) is 44.6. The van der Waals surface area contributed by atoms with Gasteiger partial charge in [-0.1, -0.05) is 37.6 Å². The maximum atomic E-state index is 13.5. The standard InChI is InChI=1S/C27H38ClN3O4/c1-5-18(2)35-26(34)29(4)23-17-31(16-22(23)19-6-8-21(28)9-7-19)24(32)20-10-14-30(15-11-20)25(33)27(3)12-13-27/h6-9,18,20,22-23H,5,10-17H2,1-4H3. The highest BCUT2D eigenvalue weighted by molar-refractivity contribution is 6.30. The number of carbonyl (C=O) groups excluding carboxylic acids is 3. The summed E-state index contributed by atoms with van der Waals surface area (Å²) in [6.07, 6.45) is 3.55. The molecule has 1 aromatic rings. The second-order valence-corrected chi connectivity index (χ2v) is 11.2. The zero-order valence-corrected chi connectivity index (χ0v) is 22.1. The molecule has 192 valence electrons. The Morgan fingerprint density at radius 3 is 2.31 bits per heavy atom. The third kappa shape index (κ3) is 5.60. The van der Waals surface area contributed by atoms with Crippen LogP contribution in [0.3, 0.4) is 0 Å². The minimum Gasteiger partial charge on any atom is -0.446 e. The van der Waals surface area contributed by atoms with Crippen LogP contribution in [0.25, 0.3) is 0 Å². The van der Waals surface area contributed by atoms with Crippen LogP contribution >= 0.6 is 11.6 Å². The number of hydrogen-bond donors (Lipinski definition) is 0. The van der Waals surface area contributed by atoms with Crippen molar-refractivity contribution in [2.75, 3.05) is 33.2 Å². The smallest absolute Gasteiger partial charge is 0.410 e. The zero-order valence-electron chi connectivity index (χ0n) is 21.3. The first-order valence-electron chi connectivity index (χ1n) is 12.9. The van der Waals surface area contributed by atoms with Crippen molar-refractivity contribution in [2.24, 2.45) is 11.3 Å². The molecule has 3 unspecified atom stereocenters. The van der Waals surface area contributed by atoms with Gasteiger partial charge >= 0.3 is 6.09 Å². The van der Waals surface area contributed by atoms with E-state index in [0.717, 1.165) is 24.8 Å². The number of benzene rings is 1. The Balaban J connectivity index is 1.44. The van der Waals surface area contributed by atoms with Gasteiger partial charge in [0.1, 0.15) is 6.10 Å². The predicted octanol–water partition coefficient (Wildman–Crippen LogP) is 4.54. The highest BCUT2D eigenvalue weighted by Gasteiger charge is 2.48. The number of ether oxygens (including phenoxy) is 1. The second-order valence-electron chi connectivity index (χ2n) is 10.8. The van der Waals surface area contributed by atoms with Crippen molar-refractivity contribution >= 4 is 29.5 Å². The van der Waals surface area contributed by atoms with E-state index in [1.54, 1.807) is 11.9 Å². The third-order valence-corrected chi connectivity index (χ3v) is 8.46. The summed E-state index contributed by atoms with van der Waals surface area (Å²) in [6, 6.07) is 7.47. The number of amides is 3. The summed E-state index contributed by atoms with van der Waals surface area (Å²) in [5.74, 6) is 0.254. The summed E-state index contributed by atoms with van der Waals surface area (Å²) in [5.41, 5.74) is 0.884. The lowest BCUT2D eigenvalue weighted by Gasteiger charge is -2.34. The first-order chi connectivity index (χ1) is 16.6. The van der Waals surface area contributed by atoms with E-state index in [9.17, 15) is 14.4 Å². The van der Waals surface area contributed by atoms with Gasteiger partial charge in [0.15, 0.2) is 0 Å². The SMILES string of the molecule is CCC(C)OC(=O)N(C)C1CN(C(=O)C2CCN(C(=O)C3(C)CC3)CC2)CC1c1ccc(Cl)cc1. The van der Waals surface area contributed by atoms with Crippen LogP contribution in [0.4, 0.5) is 4.79 Å². The van der Waals surface area contributed by atoms with E-state index in [2.05, 4.69) is 0 Å². The summed E-state index contributed by atoms with van der Waals surface area (Å²) in [6.45, 7) is 8.20. The fourth-order valence-corrected chi connectivity index (χ4v) is 5.37. The van der Waals surface area contributed by atoms with Crippen molar-refractivity contribution < 1.29 is 19.1 Å². The van der Waals surface area contributed by atoms with Crippen LogP contribution in [0.15, 0.2) is 24.3 Å². The van der Waals surface area contributed by atoms with E-state index in [-0.39, 0.29) is 47.3 Å². The number of likely N-dealkylation sites (tertiary alicyclic amines) is 2. The molecule has 0 radical (unpaired) electrons. The molecule has 7 nitrogen and oxygen atoms in total. The molecule has 2 heterocycles. The van der Waals surface area contributed by atoms with E-state index >= 15 is 0 Å². The highest BCUT2D eigenvalue weighted by atomic mass is 35.5. The summed E-state index contributed by atoms with van der Waals surface area (Å²) in [5, 5.41) is 0.655. The minimum absolute atomic E-state index is 0.0258. The molecule has 4 rings (SSSR count). The van der Waals surface area contributed by atoms with E-state index in [1.807, 2.05) is 54.8 Å². The lowest BCUT2D eigenvalue weighted by atomic mass is 9.93. The molecule has 2 aliphatic heterocycles. The zero-order chi connectivity index (χ0) is 25.3. The molecular weight excluding hydrogens is 466 g/mol. The van der Waals surface area contributed by atoms with E-state index < -0.39 is 0 Å².